The highest BCUT2D eigenvalue weighted by Crippen LogP contribution is 2.37. The van der Waals surface area contributed by atoms with Crippen LogP contribution in [0.4, 0.5) is 0 Å². The van der Waals surface area contributed by atoms with Crippen molar-refractivity contribution in [3.63, 3.8) is 0 Å². The van der Waals surface area contributed by atoms with Crippen LogP contribution >= 0.6 is 0 Å². The third-order valence-electron chi connectivity index (χ3n) is 3.75. The molecule has 0 atom stereocenters. The van der Waals surface area contributed by atoms with E-state index in [1.54, 1.807) is 10.6 Å². The lowest BCUT2D eigenvalue weighted by Crippen LogP contribution is -2.23. The van der Waals surface area contributed by atoms with Crippen molar-refractivity contribution in [3.8, 4) is 23.1 Å². The average molecular weight is 294 g/mol. The van der Waals surface area contributed by atoms with Crippen LogP contribution in [-0.2, 0) is 0 Å². The summed E-state index contributed by atoms with van der Waals surface area (Å²) in [5.41, 5.74) is 1.81. The summed E-state index contributed by atoms with van der Waals surface area (Å²) >= 11 is 0. The number of hydrogen-bond donors (Lipinski definition) is 0. The van der Waals surface area contributed by atoms with E-state index in [0.29, 0.717) is 6.61 Å². The molecular formula is C18H18N2O2. The van der Waals surface area contributed by atoms with E-state index in [1.807, 2.05) is 36.4 Å². The predicted octanol–water partition coefficient (Wildman–Crippen LogP) is 3.51. The first-order chi connectivity index (χ1) is 10.7. The zero-order chi connectivity index (χ0) is 15.5. The van der Waals surface area contributed by atoms with Crippen LogP contribution in [0.5, 0.6) is 5.75 Å². The van der Waals surface area contributed by atoms with Gasteiger partial charge in [0, 0.05) is 11.6 Å². The first-order valence-electron chi connectivity index (χ1n) is 7.63. The van der Waals surface area contributed by atoms with Gasteiger partial charge < -0.3 is 9.30 Å². The summed E-state index contributed by atoms with van der Waals surface area (Å²) in [4.78, 5) is 12.4. The molecule has 4 heteroatoms. The Morgan fingerprint density at radius 3 is 2.82 bits per heavy atom. The number of aromatic nitrogens is 1. The molecule has 0 saturated heterocycles. The summed E-state index contributed by atoms with van der Waals surface area (Å²) < 4.78 is 7.43. The molecule has 1 saturated carbocycles. The molecule has 1 aliphatic rings. The summed E-state index contributed by atoms with van der Waals surface area (Å²) in [6.07, 6.45) is 2.94. The van der Waals surface area contributed by atoms with Gasteiger partial charge in [0.15, 0.2) is 0 Å². The standard InChI is InChI=1S/C18H18N2O2/c1-2-10-22-16-5-3-4-13(11-16)17-9-6-14(12-19)18(21)20(17)15-7-8-15/h3-6,9,11,15H,2,7-8,10H2,1H3. The number of nitriles is 1. The van der Waals surface area contributed by atoms with Crippen molar-refractivity contribution in [3.05, 3.63) is 52.3 Å². The minimum absolute atomic E-state index is 0.192. The SMILES string of the molecule is CCCOc1cccc(-c2ccc(C#N)c(=O)n2C2CC2)c1. The molecule has 0 amide bonds. The fourth-order valence-electron chi connectivity index (χ4n) is 2.53. The van der Waals surface area contributed by atoms with Crippen molar-refractivity contribution in [2.45, 2.75) is 32.2 Å². The van der Waals surface area contributed by atoms with Crippen LogP contribution in [-0.4, -0.2) is 11.2 Å². The zero-order valence-electron chi connectivity index (χ0n) is 12.6. The lowest BCUT2D eigenvalue weighted by molar-refractivity contribution is 0.317. The predicted molar refractivity (Wildman–Crippen MR) is 84.9 cm³/mol. The number of ether oxygens (including phenoxy) is 1. The molecule has 0 aliphatic heterocycles. The Morgan fingerprint density at radius 2 is 2.14 bits per heavy atom. The van der Waals surface area contributed by atoms with E-state index >= 15 is 0 Å². The van der Waals surface area contributed by atoms with Crippen molar-refractivity contribution in [1.82, 2.24) is 4.57 Å². The Hall–Kier alpha value is -2.54. The Morgan fingerprint density at radius 1 is 1.32 bits per heavy atom. The Bertz CT molecular complexity index is 782. The molecule has 0 unspecified atom stereocenters. The fourth-order valence-corrected chi connectivity index (χ4v) is 2.53. The maximum Gasteiger partial charge on any atom is 0.269 e. The second-order valence-corrected chi connectivity index (χ2v) is 5.53. The molecule has 2 aromatic rings. The number of rotatable bonds is 5. The number of benzene rings is 1. The Balaban J connectivity index is 2.07. The van der Waals surface area contributed by atoms with Gasteiger partial charge >= 0.3 is 0 Å². The molecule has 0 bridgehead atoms. The summed E-state index contributed by atoms with van der Waals surface area (Å²) in [5.74, 6) is 0.804. The number of pyridine rings is 1. The molecule has 0 radical (unpaired) electrons. The molecule has 3 rings (SSSR count). The van der Waals surface area contributed by atoms with Crippen molar-refractivity contribution in [2.75, 3.05) is 6.61 Å². The van der Waals surface area contributed by atoms with E-state index in [9.17, 15) is 4.79 Å². The van der Waals surface area contributed by atoms with E-state index in [4.69, 9.17) is 10.00 Å². The summed E-state index contributed by atoms with van der Waals surface area (Å²) in [6.45, 7) is 2.74. The molecule has 1 aliphatic carbocycles. The molecule has 1 fully saturated rings. The third kappa shape index (κ3) is 2.75. The van der Waals surface area contributed by atoms with Crippen LogP contribution in [0.25, 0.3) is 11.3 Å². The van der Waals surface area contributed by atoms with Gasteiger partial charge in [-0.3, -0.25) is 4.79 Å². The van der Waals surface area contributed by atoms with Gasteiger partial charge in [0.05, 0.1) is 12.3 Å². The highest BCUT2D eigenvalue weighted by atomic mass is 16.5. The van der Waals surface area contributed by atoms with Crippen LogP contribution in [0.15, 0.2) is 41.2 Å². The minimum atomic E-state index is -0.192. The maximum absolute atomic E-state index is 12.4. The van der Waals surface area contributed by atoms with Gasteiger partial charge in [-0.25, -0.2) is 0 Å². The number of hydrogen-bond acceptors (Lipinski definition) is 3. The normalized spacial score (nSPS) is 13.6. The highest BCUT2D eigenvalue weighted by Gasteiger charge is 2.28. The second-order valence-electron chi connectivity index (χ2n) is 5.53. The minimum Gasteiger partial charge on any atom is -0.494 e. The largest absolute Gasteiger partial charge is 0.494 e. The summed E-state index contributed by atoms with van der Waals surface area (Å²) in [5, 5.41) is 9.06. The molecule has 1 aromatic carbocycles. The monoisotopic (exact) mass is 294 g/mol. The lowest BCUT2D eigenvalue weighted by atomic mass is 10.1. The summed E-state index contributed by atoms with van der Waals surface area (Å²) in [7, 11) is 0. The molecular weight excluding hydrogens is 276 g/mol. The molecule has 22 heavy (non-hydrogen) atoms. The van der Waals surface area contributed by atoms with E-state index in [2.05, 4.69) is 6.92 Å². The van der Waals surface area contributed by atoms with E-state index in [0.717, 1.165) is 36.3 Å². The smallest absolute Gasteiger partial charge is 0.269 e. The van der Waals surface area contributed by atoms with Crippen molar-refractivity contribution in [1.29, 1.82) is 5.26 Å². The molecule has 4 nitrogen and oxygen atoms in total. The van der Waals surface area contributed by atoms with Gasteiger partial charge in [-0.05, 0) is 43.5 Å². The lowest BCUT2D eigenvalue weighted by Gasteiger charge is -2.14. The van der Waals surface area contributed by atoms with Crippen molar-refractivity contribution >= 4 is 0 Å². The van der Waals surface area contributed by atoms with Crippen LogP contribution in [0.3, 0.4) is 0 Å². The fraction of sp³-hybridized carbons (Fsp3) is 0.333. The quantitative estimate of drug-likeness (QED) is 0.848. The second kappa shape index (κ2) is 6.07. The van der Waals surface area contributed by atoms with Gasteiger partial charge in [0.25, 0.3) is 5.56 Å². The van der Waals surface area contributed by atoms with E-state index < -0.39 is 0 Å². The number of nitrogens with zero attached hydrogens (tertiary/aromatic N) is 2. The van der Waals surface area contributed by atoms with Gasteiger partial charge in [0.2, 0.25) is 0 Å². The Kier molecular flexibility index (Phi) is 3.97. The topological polar surface area (TPSA) is 55.0 Å². The highest BCUT2D eigenvalue weighted by molar-refractivity contribution is 5.62. The average Bonchev–Trinajstić information content (AvgIpc) is 3.37. The van der Waals surface area contributed by atoms with Gasteiger partial charge in [-0.1, -0.05) is 19.1 Å². The molecule has 1 aromatic heterocycles. The third-order valence-corrected chi connectivity index (χ3v) is 3.75. The van der Waals surface area contributed by atoms with Gasteiger partial charge in [-0.15, -0.1) is 0 Å². The first kappa shape index (κ1) is 14.4. The maximum atomic E-state index is 12.4. The van der Waals surface area contributed by atoms with Crippen molar-refractivity contribution < 1.29 is 4.74 Å². The van der Waals surface area contributed by atoms with E-state index in [-0.39, 0.29) is 17.2 Å². The summed E-state index contributed by atoms with van der Waals surface area (Å²) in [6, 6.07) is 13.4. The molecule has 0 spiro atoms. The molecule has 112 valence electrons. The van der Waals surface area contributed by atoms with E-state index in [1.165, 1.54) is 0 Å². The van der Waals surface area contributed by atoms with Crippen LogP contribution in [0.2, 0.25) is 0 Å². The Labute approximate surface area is 129 Å². The van der Waals surface area contributed by atoms with Crippen LogP contribution in [0.1, 0.15) is 37.8 Å². The van der Waals surface area contributed by atoms with Gasteiger partial charge in [-0.2, -0.15) is 5.26 Å². The zero-order valence-corrected chi connectivity index (χ0v) is 12.6. The van der Waals surface area contributed by atoms with Crippen LogP contribution < -0.4 is 10.3 Å². The molecule has 0 N–H and O–H groups in total. The first-order valence-corrected chi connectivity index (χ1v) is 7.63. The van der Waals surface area contributed by atoms with Crippen LogP contribution in [0, 0.1) is 11.3 Å². The van der Waals surface area contributed by atoms with Gasteiger partial charge in [0.1, 0.15) is 17.4 Å². The van der Waals surface area contributed by atoms with Crippen molar-refractivity contribution in [2.24, 2.45) is 0 Å². The molecule has 1 heterocycles.